The van der Waals surface area contributed by atoms with Crippen LogP contribution in [0.5, 0.6) is 5.75 Å². The van der Waals surface area contributed by atoms with E-state index in [0.717, 1.165) is 48.9 Å². The van der Waals surface area contributed by atoms with E-state index in [-0.39, 0.29) is 5.41 Å². The minimum Gasteiger partial charge on any atom is -0.493 e. The molecule has 0 amide bonds. The van der Waals surface area contributed by atoms with E-state index in [0.29, 0.717) is 6.42 Å². The van der Waals surface area contributed by atoms with Gasteiger partial charge in [0.1, 0.15) is 5.75 Å². The summed E-state index contributed by atoms with van der Waals surface area (Å²) in [5.41, 5.74) is 2.51. The fourth-order valence-corrected chi connectivity index (χ4v) is 4.45. The lowest BCUT2D eigenvalue weighted by Gasteiger charge is -2.27. The average molecular weight is 353 g/mol. The molecule has 114 valence electrons. The second-order valence-electron chi connectivity index (χ2n) is 6.43. The van der Waals surface area contributed by atoms with Crippen molar-refractivity contribution in [2.75, 3.05) is 6.61 Å². The Labute approximate surface area is 133 Å². The summed E-state index contributed by atoms with van der Waals surface area (Å²) in [6, 6.07) is 4.27. The minimum absolute atomic E-state index is 0.000359. The van der Waals surface area contributed by atoms with Crippen molar-refractivity contribution < 1.29 is 14.6 Å². The lowest BCUT2D eigenvalue weighted by molar-refractivity contribution is -0.139. The molecule has 0 radical (unpaired) electrons. The Bertz CT molecular complexity index is 547. The molecule has 0 bridgehead atoms. The summed E-state index contributed by atoms with van der Waals surface area (Å²) in [4.78, 5) is 11.2. The molecule has 1 aliphatic heterocycles. The quantitative estimate of drug-likeness (QED) is 0.856. The lowest BCUT2D eigenvalue weighted by Crippen LogP contribution is -2.21. The van der Waals surface area contributed by atoms with Crippen LogP contribution in [0.2, 0.25) is 0 Å². The molecule has 1 aliphatic carbocycles. The van der Waals surface area contributed by atoms with Crippen LogP contribution in [0.3, 0.4) is 0 Å². The Hall–Kier alpha value is -1.03. The van der Waals surface area contributed by atoms with E-state index in [1.165, 1.54) is 24.0 Å². The number of ether oxygens (including phenoxy) is 1. The molecule has 4 heteroatoms. The molecule has 0 unspecified atom stereocenters. The Morgan fingerprint density at radius 3 is 2.81 bits per heavy atom. The number of benzene rings is 1. The Morgan fingerprint density at radius 1 is 1.33 bits per heavy atom. The number of carbonyl (C=O) groups is 1. The van der Waals surface area contributed by atoms with E-state index < -0.39 is 5.97 Å². The molecular weight excluding hydrogens is 332 g/mol. The second-order valence-corrected chi connectivity index (χ2v) is 7.34. The van der Waals surface area contributed by atoms with Gasteiger partial charge in [-0.15, -0.1) is 0 Å². The normalized spacial score (nSPS) is 19.3. The number of rotatable bonds is 5. The minimum atomic E-state index is -0.660. The maximum absolute atomic E-state index is 11.2. The summed E-state index contributed by atoms with van der Waals surface area (Å²) < 4.78 is 6.87. The number of fused-ring (bicyclic) bond motifs is 1. The van der Waals surface area contributed by atoms with Crippen molar-refractivity contribution in [2.45, 2.75) is 51.4 Å². The van der Waals surface area contributed by atoms with Crippen molar-refractivity contribution in [3.05, 3.63) is 27.7 Å². The van der Waals surface area contributed by atoms with Gasteiger partial charge in [-0.25, -0.2) is 0 Å². The summed E-state index contributed by atoms with van der Waals surface area (Å²) in [5.74, 6) is 0.384. The average Bonchev–Trinajstić information content (AvgIpc) is 3.04. The molecule has 1 heterocycles. The van der Waals surface area contributed by atoms with Crippen LogP contribution >= 0.6 is 15.9 Å². The first-order chi connectivity index (χ1) is 10.1. The molecule has 1 aromatic carbocycles. The first-order valence-corrected chi connectivity index (χ1v) is 8.53. The zero-order chi connectivity index (χ0) is 14.9. The highest BCUT2D eigenvalue weighted by Gasteiger charge is 2.36. The molecule has 0 spiro atoms. The largest absolute Gasteiger partial charge is 0.493 e. The summed E-state index contributed by atoms with van der Waals surface area (Å²) in [6.07, 6.45) is 7.58. The van der Waals surface area contributed by atoms with Gasteiger partial charge < -0.3 is 9.84 Å². The van der Waals surface area contributed by atoms with Crippen molar-refractivity contribution >= 4 is 21.9 Å². The van der Waals surface area contributed by atoms with E-state index in [1.807, 2.05) is 0 Å². The summed E-state index contributed by atoms with van der Waals surface area (Å²) in [5, 5.41) is 9.20. The first kappa shape index (κ1) is 14.9. The van der Waals surface area contributed by atoms with Gasteiger partial charge in [-0.2, -0.15) is 0 Å². The zero-order valence-corrected chi connectivity index (χ0v) is 13.7. The number of carboxylic acids is 1. The first-order valence-electron chi connectivity index (χ1n) is 7.74. The molecule has 1 saturated carbocycles. The molecule has 1 aromatic rings. The van der Waals surface area contributed by atoms with Gasteiger partial charge in [0, 0.05) is 10.9 Å². The van der Waals surface area contributed by atoms with Crippen LogP contribution in [0.4, 0.5) is 0 Å². The highest BCUT2D eigenvalue weighted by Crippen LogP contribution is 2.46. The van der Waals surface area contributed by atoms with Crippen LogP contribution in [0.15, 0.2) is 16.6 Å². The topological polar surface area (TPSA) is 46.5 Å². The Kier molecular flexibility index (Phi) is 4.25. The number of hydrogen-bond acceptors (Lipinski definition) is 2. The van der Waals surface area contributed by atoms with Crippen molar-refractivity contribution in [1.82, 2.24) is 0 Å². The molecule has 0 atom stereocenters. The van der Waals surface area contributed by atoms with Crippen molar-refractivity contribution in [3.63, 3.8) is 0 Å². The molecule has 0 aromatic heterocycles. The number of aliphatic carboxylic acids is 1. The molecule has 21 heavy (non-hydrogen) atoms. The van der Waals surface area contributed by atoms with Gasteiger partial charge in [0.15, 0.2) is 0 Å². The number of aryl methyl sites for hydroxylation is 1. The molecule has 3 rings (SSSR count). The van der Waals surface area contributed by atoms with Gasteiger partial charge in [0.05, 0.1) is 13.0 Å². The second kappa shape index (κ2) is 5.99. The third-order valence-electron chi connectivity index (χ3n) is 4.94. The van der Waals surface area contributed by atoms with Crippen molar-refractivity contribution in [1.29, 1.82) is 0 Å². The molecular formula is C17H21BrO3. The fraction of sp³-hybridized carbons (Fsp3) is 0.588. The molecule has 3 nitrogen and oxygen atoms in total. The van der Waals surface area contributed by atoms with Gasteiger partial charge >= 0.3 is 5.97 Å². The van der Waals surface area contributed by atoms with Crippen LogP contribution in [-0.4, -0.2) is 17.7 Å². The van der Waals surface area contributed by atoms with E-state index in [1.54, 1.807) is 0 Å². The molecule has 1 fully saturated rings. The van der Waals surface area contributed by atoms with Crippen LogP contribution in [0, 0.1) is 5.41 Å². The SMILES string of the molecule is O=C(O)CC1(CCc2cc(Br)cc3c2OCC3)CCCC1. The summed E-state index contributed by atoms with van der Waals surface area (Å²) in [6.45, 7) is 0.763. The number of carboxylic acid groups (broad SMARTS) is 1. The zero-order valence-electron chi connectivity index (χ0n) is 12.2. The Morgan fingerprint density at radius 2 is 2.10 bits per heavy atom. The van der Waals surface area contributed by atoms with Gasteiger partial charge in [0.2, 0.25) is 0 Å². The van der Waals surface area contributed by atoms with Gasteiger partial charge in [-0.1, -0.05) is 28.8 Å². The van der Waals surface area contributed by atoms with Crippen LogP contribution in [-0.2, 0) is 17.6 Å². The smallest absolute Gasteiger partial charge is 0.303 e. The van der Waals surface area contributed by atoms with E-state index in [2.05, 4.69) is 28.1 Å². The lowest BCUT2D eigenvalue weighted by atomic mass is 9.77. The van der Waals surface area contributed by atoms with Crippen LogP contribution in [0.1, 0.15) is 49.7 Å². The third-order valence-corrected chi connectivity index (χ3v) is 5.40. The predicted molar refractivity (Wildman–Crippen MR) is 84.8 cm³/mol. The van der Waals surface area contributed by atoms with Crippen LogP contribution in [0.25, 0.3) is 0 Å². The summed E-state index contributed by atoms with van der Waals surface area (Å²) >= 11 is 3.57. The maximum atomic E-state index is 11.2. The van der Waals surface area contributed by atoms with Crippen molar-refractivity contribution in [2.24, 2.45) is 5.41 Å². The highest BCUT2D eigenvalue weighted by atomic mass is 79.9. The maximum Gasteiger partial charge on any atom is 0.303 e. The summed E-state index contributed by atoms with van der Waals surface area (Å²) in [7, 11) is 0. The fourth-order valence-electron chi connectivity index (χ4n) is 3.89. The predicted octanol–water partition coefficient (Wildman–Crippen LogP) is 4.35. The van der Waals surface area contributed by atoms with Gasteiger partial charge in [-0.05, 0) is 54.4 Å². The molecule has 2 aliphatic rings. The highest BCUT2D eigenvalue weighted by molar-refractivity contribution is 9.10. The van der Waals surface area contributed by atoms with Crippen LogP contribution < -0.4 is 4.74 Å². The van der Waals surface area contributed by atoms with Gasteiger partial charge in [-0.3, -0.25) is 4.79 Å². The third kappa shape index (κ3) is 3.25. The van der Waals surface area contributed by atoms with E-state index in [4.69, 9.17) is 4.74 Å². The molecule has 1 N–H and O–H groups in total. The number of hydrogen-bond donors (Lipinski definition) is 1. The van der Waals surface area contributed by atoms with Gasteiger partial charge in [0.25, 0.3) is 0 Å². The van der Waals surface area contributed by atoms with Crippen molar-refractivity contribution in [3.8, 4) is 5.75 Å². The monoisotopic (exact) mass is 352 g/mol. The number of halogens is 1. The standard InChI is InChI=1S/C17H21BrO3/c18-14-9-12(16-13(10-14)4-8-21-16)3-7-17(11-15(19)20)5-1-2-6-17/h9-10H,1-8,11H2,(H,19,20). The Balaban J connectivity index is 1.76. The van der Waals surface area contributed by atoms with E-state index in [9.17, 15) is 9.90 Å². The van der Waals surface area contributed by atoms with E-state index >= 15 is 0 Å². The molecule has 0 saturated heterocycles.